The standard InChI is InChI=1S/C21H25NO5/c1-15(2)14-19(20(23)24)22(21(25)26)13-12-16-8-10-18(11-9-16)27-17-6-4-3-5-7-17/h3-11,15,19H,12-14H2,1-2H3,(H,23,24)(H,25,26). The van der Waals surface area contributed by atoms with Crippen molar-refractivity contribution in [3.8, 4) is 11.5 Å². The molecule has 6 nitrogen and oxygen atoms in total. The molecule has 0 aromatic heterocycles. The van der Waals surface area contributed by atoms with Gasteiger partial charge in [0.15, 0.2) is 0 Å². The van der Waals surface area contributed by atoms with Gasteiger partial charge in [-0.1, -0.05) is 44.2 Å². The van der Waals surface area contributed by atoms with Crippen LogP contribution < -0.4 is 4.74 Å². The molecule has 0 fully saturated rings. The fourth-order valence-corrected chi connectivity index (χ4v) is 2.79. The van der Waals surface area contributed by atoms with E-state index >= 15 is 0 Å². The van der Waals surface area contributed by atoms with Crippen LogP contribution >= 0.6 is 0 Å². The molecule has 0 aliphatic carbocycles. The maximum absolute atomic E-state index is 11.5. The van der Waals surface area contributed by atoms with Gasteiger partial charge >= 0.3 is 12.1 Å². The number of para-hydroxylation sites is 1. The molecule has 1 unspecified atom stereocenters. The maximum atomic E-state index is 11.5. The Kier molecular flexibility index (Phi) is 7.23. The highest BCUT2D eigenvalue weighted by Gasteiger charge is 2.29. The summed E-state index contributed by atoms with van der Waals surface area (Å²) in [5, 5.41) is 18.8. The van der Waals surface area contributed by atoms with Gasteiger partial charge < -0.3 is 14.9 Å². The molecular weight excluding hydrogens is 346 g/mol. The van der Waals surface area contributed by atoms with Crippen molar-refractivity contribution in [2.75, 3.05) is 6.54 Å². The predicted molar refractivity (Wildman–Crippen MR) is 102 cm³/mol. The van der Waals surface area contributed by atoms with Crippen molar-refractivity contribution in [1.29, 1.82) is 0 Å². The molecular formula is C21H25NO5. The van der Waals surface area contributed by atoms with Crippen molar-refractivity contribution in [3.05, 3.63) is 60.2 Å². The van der Waals surface area contributed by atoms with Gasteiger partial charge in [-0.3, -0.25) is 4.90 Å². The summed E-state index contributed by atoms with van der Waals surface area (Å²) in [5.74, 6) is 0.392. The topological polar surface area (TPSA) is 87.1 Å². The van der Waals surface area contributed by atoms with E-state index in [0.29, 0.717) is 12.2 Å². The summed E-state index contributed by atoms with van der Waals surface area (Å²) < 4.78 is 5.73. The van der Waals surface area contributed by atoms with E-state index in [2.05, 4.69) is 0 Å². The molecule has 0 saturated heterocycles. The number of amides is 1. The van der Waals surface area contributed by atoms with Gasteiger partial charge in [0, 0.05) is 6.54 Å². The Morgan fingerprint density at radius 3 is 2.07 bits per heavy atom. The van der Waals surface area contributed by atoms with Gasteiger partial charge in [0.1, 0.15) is 17.5 Å². The molecule has 0 heterocycles. The van der Waals surface area contributed by atoms with Crippen LogP contribution in [0.5, 0.6) is 11.5 Å². The highest BCUT2D eigenvalue weighted by Crippen LogP contribution is 2.21. The number of carbonyl (C=O) groups is 2. The average Bonchev–Trinajstić information content (AvgIpc) is 2.62. The van der Waals surface area contributed by atoms with E-state index in [4.69, 9.17) is 4.74 Å². The second kappa shape index (κ2) is 9.62. The summed E-state index contributed by atoms with van der Waals surface area (Å²) in [6.45, 7) is 3.88. The van der Waals surface area contributed by atoms with E-state index in [1.54, 1.807) is 0 Å². The first kappa shape index (κ1) is 20.3. The zero-order valence-electron chi connectivity index (χ0n) is 15.5. The van der Waals surface area contributed by atoms with Crippen molar-refractivity contribution in [2.24, 2.45) is 5.92 Å². The van der Waals surface area contributed by atoms with Crippen molar-refractivity contribution in [2.45, 2.75) is 32.7 Å². The number of benzene rings is 2. The van der Waals surface area contributed by atoms with E-state index in [9.17, 15) is 19.8 Å². The average molecular weight is 371 g/mol. The monoisotopic (exact) mass is 371 g/mol. The molecule has 144 valence electrons. The number of ether oxygens (including phenoxy) is 1. The van der Waals surface area contributed by atoms with Crippen LogP contribution in [0.15, 0.2) is 54.6 Å². The van der Waals surface area contributed by atoms with Crippen LogP contribution in [0.25, 0.3) is 0 Å². The molecule has 0 aliphatic rings. The van der Waals surface area contributed by atoms with E-state index < -0.39 is 18.1 Å². The summed E-state index contributed by atoms with van der Waals surface area (Å²) in [6, 6.07) is 15.7. The van der Waals surface area contributed by atoms with Crippen LogP contribution in [0.2, 0.25) is 0 Å². The number of nitrogens with zero attached hydrogens (tertiary/aromatic N) is 1. The second-order valence-corrected chi connectivity index (χ2v) is 6.77. The Hall–Kier alpha value is -3.02. The quantitative estimate of drug-likeness (QED) is 0.678. The number of carboxylic acid groups (broad SMARTS) is 2. The van der Waals surface area contributed by atoms with Gasteiger partial charge in [-0.15, -0.1) is 0 Å². The summed E-state index contributed by atoms with van der Waals surface area (Å²) in [6.07, 6.45) is -0.502. The Morgan fingerprint density at radius 2 is 1.56 bits per heavy atom. The number of rotatable bonds is 9. The van der Waals surface area contributed by atoms with Crippen molar-refractivity contribution < 1.29 is 24.5 Å². The van der Waals surface area contributed by atoms with Crippen molar-refractivity contribution >= 4 is 12.1 Å². The molecule has 2 rings (SSSR count). The lowest BCUT2D eigenvalue weighted by Gasteiger charge is -2.27. The molecule has 0 bridgehead atoms. The van der Waals surface area contributed by atoms with Gasteiger partial charge in [-0.2, -0.15) is 0 Å². The fraction of sp³-hybridized carbons (Fsp3) is 0.333. The smallest absolute Gasteiger partial charge is 0.408 e. The highest BCUT2D eigenvalue weighted by atomic mass is 16.5. The van der Waals surface area contributed by atoms with Gasteiger partial charge in [0.05, 0.1) is 0 Å². The van der Waals surface area contributed by atoms with E-state index in [1.807, 2.05) is 68.4 Å². The van der Waals surface area contributed by atoms with Crippen LogP contribution in [0, 0.1) is 5.92 Å². The van der Waals surface area contributed by atoms with Gasteiger partial charge in [-0.25, -0.2) is 9.59 Å². The number of hydrogen-bond acceptors (Lipinski definition) is 3. The van der Waals surface area contributed by atoms with Crippen molar-refractivity contribution in [1.82, 2.24) is 4.90 Å². The molecule has 0 spiro atoms. The molecule has 2 aromatic rings. The third kappa shape index (κ3) is 6.33. The maximum Gasteiger partial charge on any atom is 0.408 e. The SMILES string of the molecule is CC(C)CC(C(=O)O)N(CCc1ccc(Oc2ccccc2)cc1)C(=O)O. The van der Waals surface area contributed by atoms with E-state index in [1.165, 1.54) is 0 Å². The summed E-state index contributed by atoms with van der Waals surface area (Å²) >= 11 is 0. The minimum absolute atomic E-state index is 0.0855. The zero-order chi connectivity index (χ0) is 19.8. The fourth-order valence-electron chi connectivity index (χ4n) is 2.79. The molecule has 27 heavy (non-hydrogen) atoms. The first-order valence-electron chi connectivity index (χ1n) is 8.91. The van der Waals surface area contributed by atoms with Crippen LogP contribution in [0.4, 0.5) is 4.79 Å². The molecule has 2 aromatic carbocycles. The third-order valence-electron chi connectivity index (χ3n) is 4.15. The van der Waals surface area contributed by atoms with Gasteiger partial charge in [0.25, 0.3) is 0 Å². The van der Waals surface area contributed by atoms with E-state index in [0.717, 1.165) is 16.2 Å². The first-order chi connectivity index (χ1) is 12.9. The first-order valence-corrected chi connectivity index (χ1v) is 8.91. The Morgan fingerprint density at radius 1 is 0.963 bits per heavy atom. The second-order valence-electron chi connectivity index (χ2n) is 6.77. The Balaban J connectivity index is 2.00. The Labute approximate surface area is 159 Å². The molecule has 0 saturated carbocycles. The normalized spacial score (nSPS) is 11.8. The van der Waals surface area contributed by atoms with Gasteiger partial charge in [-0.05, 0) is 48.6 Å². The molecule has 2 N–H and O–H groups in total. The highest BCUT2D eigenvalue weighted by molar-refractivity contribution is 5.79. The zero-order valence-corrected chi connectivity index (χ0v) is 15.5. The summed E-state index contributed by atoms with van der Waals surface area (Å²) in [5.41, 5.74) is 0.912. The van der Waals surface area contributed by atoms with Crippen LogP contribution in [0.1, 0.15) is 25.8 Å². The molecule has 1 atom stereocenters. The number of carboxylic acids is 1. The summed E-state index contributed by atoms with van der Waals surface area (Å²) in [7, 11) is 0. The lowest BCUT2D eigenvalue weighted by atomic mass is 10.0. The lowest BCUT2D eigenvalue weighted by Crippen LogP contribution is -2.46. The van der Waals surface area contributed by atoms with Crippen molar-refractivity contribution in [3.63, 3.8) is 0 Å². The van der Waals surface area contributed by atoms with Crippen LogP contribution in [0.3, 0.4) is 0 Å². The third-order valence-corrected chi connectivity index (χ3v) is 4.15. The molecule has 1 amide bonds. The van der Waals surface area contributed by atoms with E-state index in [-0.39, 0.29) is 18.9 Å². The molecule has 0 radical (unpaired) electrons. The minimum Gasteiger partial charge on any atom is -0.480 e. The lowest BCUT2D eigenvalue weighted by molar-refractivity contribution is -0.143. The molecule has 0 aliphatic heterocycles. The Bertz CT molecular complexity index is 743. The molecule has 6 heteroatoms. The van der Waals surface area contributed by atoms with Crippen LogP contribution in [-0.2, 0) is 11.2 Å². The minimum atomic E-state index is -1.22. The summed E-state index contributed by atoms with van der Waals surface area (Å²) in [4.78, 5) is 24.0. The number of hydrogen-bond donors (Lipinski definition) is 2. The van der Waals surface area contributed by atoms with Crippen LogP contribution in [-0.4, -0.2) is 39.8 Å². The van der Waals surface area contributed by atoms with Gasteiger partial charge in [0.2, 0.25) is 0 Å². The largest absolute Gasteiger partial charge is 0.480 e. The number of aliphatic carboxylic acids is 1. The predicted octanol–water partition coefficient (Wildman–Crippen LogP) is 4.50.